The normalized spacial score (nSPS) is 15.4. The fraction of sp³-hybridized carbons (Fsp3) is 0.538. The molecule has 3 nitrogen and oxygen atoms in total. The molecule has 0 bridgehead atoms. The molecule has 1 aliphatic heterocycles. The van der Waals surface area contributed by atoms with Crippen LogP contribution in [0.3, 0.4) is 0 Å². The Kier molecular flexibility index (Phi) is 3.93. The quantitative estimate of drug-likeness (QED) is 0.765. The second-order valence-corrected chi connectivity index (χ2v) is 4.27. The molecule has 1 heterocycles. The van der Waals surface area contributed by atoms with Crippen LogP contribution in [0.1, 0.15) is 23.1 Å². The van der Waals surface area contributed by atoms with E-state index in [2.05, 4.69) is 11.0 Å². The smallest absolute Gasteiger partial charge is 0.0685 e. The highest BCUT2D eigenvalue weighted by Gasteiger charge is 2.20. The minimum Gasteiger partial charge on any atom is -0.392 e. The largest absolute Gasteiger partial charge is 0.392 e. The van der Waals surface area contributed by atoms with Crippen LogP contribution >= 0.6 is 0 Å². The van der Waals surface area contributed by atoms with E-state index in [0.717, 1.165) is 38.2 Å². The highest BCUT2D eigenvalue weighted by atomic mass is 16.5. The van der Waals surface area contributed by atoms with E-state index in [1.165, 1.54) is 11.1 Å². The summed E-state index contributed by atoms with van der Waals surface area (Å²) >= 11 is 0. The molecule has 0 radical (unpaired) electrons. The molecule has 1 aliphatic rings. The number of rotatable bonds is 5. The van der Waals surface area contributed by atoms with E-state index in [1.54, 1.807) is 7.11 Å². The van der Waals surface area contributed by atoms with E-state index in [0.29, 0.717) is 0 Å². The highest BCUT2D eigenvalue weighted by Crippen LogP contribution is 2.25. The minimum absolute atomic E-state index is 0.148. The van der Waals surface area contributed by atoms with Gasteiger partial charge in [-0.25, -0.2) is 0 Å². The summed E-state index contributed by atoms with van der Waals surface area (Å²) in [6.07, 6.45) is 1.07. The molecular weight excluding hydrogens is 202 g/mol. The van der Waals surface area contributed by atoms with Crippen LogP contribution in [0.15, 0.2) is 18.2 Å². The van der Waals surface area contributed by atoms with Gasteiger partial charge < -0.3 is 9.84 Å². The van der Waals surface area contributed by atoms with Crippen molar-refractivity contribution in [3.8, 4) is 0 Å². The average molecular weight is 221 g/mol. The molecule has 0 fully saturated rings. The summed E-state index contributed by atoms with van der Waals surface area (Å²) in [6, 6.07) is 6.20. The predicted molar refractivity (Wildman–Crippen MR) is 63.0 cm³/mol. The van der Waals surface area contributed by atoms with Gasteiger partial charge >= 0.3 is 0 Å². The molecule has 0 aromatic heterocycles. The molecular formula is C13H19NO2. The van der Waals surface area contributed by atoms with Crippen LogP contribution in [-0.2, 0) is 24.4 Å². The Morgan fingerprint density at radius 3 is 3.00 bits per heavy atom. The van der Waals surface area contributed by atoms with Crippen molar-refractivity contribution in [1.29, 1.82) is 0 Å². The first kappa shape index (κ1) is 11.6. The maximum atomic E-state index is 9.26. The summed E-state index contributed by atoms with van der Waals surface area (Å²) in [6.45, 7) is 4.00. The van der Waals surface area contributed by atoms with Crippen LogP contribution in [0.2, 0.25) is 0 Å². The Morgan fingerprint density at radius 2 is 2.25 bits per heavy atom. The highest BCUT2D eigenvalue weighted by molar-refractivity contribution is 5.37. The average Bonchev–Trinajstić information content (AvgIpc) is 2.71. The van der Waals surface area contributed by atoms with Gasteiger partial charge in [-0.1, -0.05) is 18.2 Å². The molecule has 1 N–H and O–H groups in total. The Bertz CT molecular complexity index is 352. The van der Waals surface area contributed by atoms with E-state index in [4.69, 9.17) is 4.74 Å². The van der Waals surface area contributed by atoms with E-state index in [1.807, 2.05) is 12.1 Å². The van der Waals surface area contributed by atoms with Crippen molar-refractivity contribution in [2.24, 2.45) is 0 Å². The molecule has 0 atom stereocenters. The number of benzene rings is 1. The van der Waals surface area contributed by atoms with Crippen LogP contribution in [0.4, 0.5) is 0 Å². The number of hydrogen-bond acceptors (Lipinski definition) is 3. The maximum absolute atomic E-state index is 9.26. The van der Waals surface area contributed by atoms with Crippen molar-refractivity contribution in [3.63, 3.8) is 0 Å². The van der Waals surface area contributed by atoms with E-state index < -0.39 is 0 Å². The summed E-state index contributed by atoms with van der Waals surface area (Å²) in [4.78, 5) is 2.41. The molecule has 1 aromatic rings. The molecule has 1 aromatic carbocycles. The molecule has 0 aliphatic carbocycles. The molecule has 0 unspecified atom stereocenters. The predicted octanol–water partition coefficient (Wildman–Crippen LogP) is 1.53. The summed E-state index contributed by atoms with van der Waals surface area (Å²) in [5, 5.41) is 9.26. The zero-order chi connectivity index (χ0) is 11.4. The molecule has 0 saturated heterocycles. The standard InChI is InChI=1S/C13H19NO2/c1-16-7-3-6-14-8-11-4-2-5-12(10-15)13(11)9-14/h2,4-5,15H,3,6-10H2,1H3. The van der Waals surface area contributed by atoms with Gasteiger partial charge in [-0.3, -0.25) is 4.90 Å². The lowest BCUT2D eigenvalue weighted by Crippen LogP contribution is -2.18. The van der Waals surface area contributed by atoms with Crippen molar-refractivity contribution >= 4 is 0 Å². The van der Waals surface area contributed by atoms with E-state index in [9.17, 15) is 5.11 Å². The first-order chi connectivity index (χ1) is 7.85. The van der Waals surface area contributed by atoms with Gasteiger partial charge in [-0.15, -0.1) is 0 Å². The van der Waals surface area contributed by atoms with Gasteiger partial charge in [0.15, 0.2) is 0 Å². The van der Waals surface area contributed by atoms with Crippen molar-refractivity contribution in [2.75, 3.05) is 20.3 Å². The lowest BCUT2D eigenvalue weighted by Gasteiger charge is -2.14. The van der Waals surface area contributed by atoms with Crippen LogP contribution in [0, 0.1) is 0 Å². The molecule has 0 spiro atoms. The fourth-order valence-corrected chi connectivity index (χ4v) is 2.30. The Hall–Kier alpha value is -0.900. The number of nitrogens with zero attached hydrogens (tertiary/aromatic N) is 1. The van der Waals surface area contributed by atoms with Crippen LogP contribution in [0.5, 0.6) is 0 Å². The second-order valence-electron chi connectivity index (χ2n) is 4.27. The van der Waals surface area contributed by atoms with Gasteiger partial charge in [0.1, 0.15) is 0 Å². The number of ether oxygens (including phenoxy) is 1. The zero-order valence-corrected chi connectivity index (χ0v) is 9.78. The van der Waals surface area contributed by atoms with E-state index >= 15 is 0 Å². The van der Waals surface area contributed by atoms with Crippen molar-refractivity contribution in [2.45, 2.75) is 26.1 Å². The van der Waals surface area contributed by atoms with Crippen molar-refractivity contribution in [3.05, 3.63) is 34.9 Å². The van der Waals surface area contributed by atoms with Gasteiger partial charge in [0.25, 0.3) is 0 Å². The number of methoxy groups -OCH3 is 1. The Balaban J connectivity index is 1.98. The lowest BCUT2D eigenvalue weighted by molar-refractivity contribution is 0.171. The van der Waals surface area contributed by atoms with Crippen LogP contribution in [-0.4, -0.2) is 30.3 Å². The van der Waals surface area contributed by atoms with Gasteiger partial charge in [-0.2, -0.15) is 0 Å². The zero-order valence-electron chi connectivity index (χ0n) is 9.78. The third kappa shape index (κ3) is 2.43. The second kappa shape index (κ2) is 5.43. The summed E-state index contributed by atoms with van der Waals surface area (Å²) in [7, 11) is 1.74. The van der Waals surface area contributed by atoms with Crippen molar-refractivity contribution < 1.29 is 9.84 Å². The van der Waals surface area contributed by atoms with Crippen molar-refractivity contribution in [1.82, 2.24) is 4.90 Å². The van der Waals surface area contributed by atoms with Crippen LogP contribution < -0.4 is 0 Å². The SMILES string of the molecule is COCCCN1Cc2cccc(CO)c2C1. The van der Waals surface area contributed by atoms with Gasteiger partial charge in [-0.05, 0) is 23.1 Å². The fourth-order valence-electron chi connectivity index (χ4n) is 2.30. The number of fused-ring (bicyclic) bond motifs is 1. The lowest BCUT2D eigenvalue weighted by atomic mass is 10.0. The summed E-state index contributed by atoms with van der Waals surface area (Å²) in [5.74, 6) is 0. The third-order valence-electron chi connectivity index (χ3n) is 3.14. The van der Waals surface area contributed by atoms with Gasteiger partial charge in [0, 0.05) is 33.4 Å². The molecule has 0 saturated carbocycles. The summed E-state index contributed by atoms with van der Waals surface area (Å²) in [5.41, 5.74) is 3.76. The Labute approximate surface area is 96.6 Å². The topological polar surface area (TPSA) is 32.7 Å². The molecule has 88 valence electrons. The van der Waals surface area contributed by atoms with E-state index in [-0.39, 0.29) is 6.61 Å². The minimum atomic E-state index is 0.148. The monoisotopic (exact) mass is 221 g/mol. The Morgan fingerprint density at radius 1 is 1.38 bits per heavy atom. The maximum Gasteiger partial charge on any atom is 0.0685 e. The third-order valence-corrected chi connectivity index (χ3v) is 3.14. The number of aliphatic hydroxyl groups excluding tert-OH is 1. The molecule has 16 heavy (non-hydrogen) atoms. The first-order valence-corrected chi connectivity index (χ1v) is 5.77. The first-order valence-electron chi connectivity index (χ1n) is 5.77. The number of hydrogen-bond donors (Lipinski definition) is 1. The molecule has 3 heteroatoms. The van der Waals surface area contributed by atoms with Gasteiger partial charge in [0.05, 0.1) is 6.61 Å². The molecule has 0 amide bonds. The molecule has 2 rings (SSSR count). The van der Waals surface area contributed by atoms with Gasteiger partial charge in [0.2, 0.25) is 0 Å². The summed E-state index contributed by atoms with van der Waals surface area (Å²) < 4.78 is 5.06. The van der Waals surface area contributed by atoms with Crippen LogP contribution in [0.25, 0.3) is 0 Å². The number of aliphatic hydroxyl groups is 1.